The van der Waals surface area contributed by atoms with Crippen molar-refractivity contribution in [1.82, 2.24) is 9.97 Å². The second kappa shape index (κ2) is 6.27. The number of thiophene rings is 1. The SMILES string of the molecule is c1nc(NCCC[NH+]2CCOCC2)c2sccc2n1. The number of nitrogens with one attached hydrogen (secondary N) is 2. The van der Waals surface area contributed by atoms with Gasteiger partial charge in [-0.15, -0.1) is 11.3 Å². The monoisotopic (exact) mass is 279 g/mol. The fourth-order valence-electron chi connectivity index (χ4n) is 2.37. The molecule has 1 aliphatic rings. The van der Waals surface area contributed by atoms with Gasteiger partial charge >= 0.3 is 0 Å². The van der Waals surface area contributed by atoms with Crippen molar-refractivity contribution >= 4 is 27.4 Å². The van der Waals surface area contributed by atoms with E-state index in [1.54, 1.807) is 22.6 Å². The maximum atomic E-state index is 5.36. The fraction of sp³-hybridized carbons (Fsp3) is 0.538. The van der Waals surface area contributed by atoms with Gasteiger partial charge < -0.3 is 15.0 Å². The molecule has 1 aliphatic heterocycles. The number of hydrogen-bond donors (Lipinski definition) is 2. The van der Waals surface area contributed by atoms with E-state index in [0.29, 0.717) is 0 Å². The van der Waals surface area contributed by atoms with E-state index in [4.69, 9.17) is 4.74 Å². The molecule has 102 valence electrons. The van der Waals surface area contributed by atoms with E-state index in [0.717, 1.165) is 55.3 Å². The first-order chi connectivity index (χ1) is 9.43. The third kappa shape index (κ3) is 3.20. The molecule has 2 N–H and O–H groups in total. The quantitative estimate of drug-likeness (QED) is 0.778. The molecule has 1 fully saturated rings. The van der Waals surface area contributed by atoms with Gasteiger partial charge in [-0.1, -0.05) is 0 Å². The minimum atomic E-state index is 0.907. The molecule has 6 heteroatoms. The first-order valence-electron chi connectivity index (χ1n) is 6.77. The van der Waals surface area contributed by atoms with Crippen molar-refractivity contribution in [3.05, 3.63) is 17.8 Å². The fourth-order valence-corrected chi connectivity index (χ4v) is 3.18. The molecular formula is C13H19N4OS+. The molecule has 0 amide bonds. The van der Waals surface area contributed by atoms with Gasteiger partial charge in [0.15, 0.2) is 0 Å². The highest BCUT2D eigenvalue weighted by Gasteiger charge is 2.12. The van der Waals surface area contributed by atoms with Crippen molar-refractivity contribution < 1.29 is 9.64 Å². The topological polar surface area (TPSA) is 51.5 Å². The number of nitrogens with zero attached hydrogens (tertiary/aromatic N) is 2. The van der Waals surface area contributed by atoms with Gasteiger partial charge in [0.25, 0.3) is 0 Å². The van der Waals surface area contributed by atoms with Crippen molar-refractivity contribution in [2.75, 3.05) is 44.7 Å². The van der Waals surface area contributed by atoms with E-state index in [2.05, 4.69) is 20.7 Å². The number of anilines is 1. The molecule has 0 aliphatic carbocycles. The minimum absolute atomic E-state index is 0.907. The molecule has 0 bridgehead atoms. The van der Waals surface area contributed by atoms with Crippen molar-refractivity contribution in [2.45, 2.75) is 6.42 Å². The summed E-state index contributed by atoms with van der Waals surface area (Å²) in [5.41, 5.74) is 1.03. The second-order valence-corrected chi connectivity index (χ2v) is 5.67. The van der Waals surface area contributed by atoms with Crippen LogP contribution in [0.1, 0.15) is 6.42 Å². The summed E-state index contributed by atoms with van der Waals surface area (Å²) >= 11 is 1.69. The standard InChI is InChI=1S/C13H18N4OS/c1(4-17-5-7-18-8-6-17)3-14-13-12-11(2-9-19-12)15-10-16-13/h2,9-10H,1,3-8H2,(H,14,15,16)/p+1. The Morgan fingerprint density at radius 2 is 2.21 bits per heavy atom. The average molecular weight is 279 g/mol. The summed E-state index contributed by atoms with van der Waals surface area (Å²) in [5.74, 6) is 0.969. The Kier molecular flexibility index (Phi) is 4.22. The molecule has 0 unspecified atom stereocenters. The van der Waals surface area contributed by atoms with Gasteiger partial charge in [0.1, 0.15) is 25.2 Å². The van der Waals surface area contributed by atoms with E-state index in [-0.39, 0.29) is 0 Å². The molecule has 2 aromatic rings. The Morgan fingerprint density at radius 3 is 3.11 bits per heavy atom. The Morgan fingerprint density at radius 1 is 1.32 bits per heavy atom. The predicted molar refractivity (Wildman–Crippen MR) is 76.9 cm³/mol. The van der Waals surface area contributed by atoms with Crippen LogP contribution >= 0.6 is 11.3 Å². The van der Waals surface area contributed by atoms with Crippen LogP contribution in [0, 0.1) is 0 Å². The van der Waals surface area contributed by atoms with Crippen LogP contribution < -0.4 is 10.2 Å². The highest BCUT2D eigenvalue weighted by atomic mass is 32.1. The van der Waals surface area contributed by atoms with Gasteiger partial charge in [-0.3, -0.25) is 0 Å². The van der Waals surface area contributed by atoms with Gasteiger partial charge in [-0.25, -0.2) is 9.97 Å². The number of fused-ring (bicyclic) bond motifs is 1. The van der Waals surface area contributed by atoms with Crippen molar-refractivity contribution in [1.29, 1.82) is 0 Å². The molecule has 5 nitrogen and oxygen atoms in total. The Balaban J connectivity index is 1.48. The molecule has 1 saturated heterocycles. The van der Waals surface area contributed by atoms with Gasteiger partial charge in [-0.2, -0.15) is 0 Å². The molecule has 0 radical (unpaired) electrons. The third-order valence-corrected chi connectivity index (χ3v) is 4.35. The molecule has 2 aromatic heterocycles. The summed E-state index contributed by atoms with van der Waals surface area (Å²) in [6.07, 6.45) is 2.79. The smallest absolute Gasteiger partial charge is 0.147 e. The minimum Gasteiger partial charge on any atom is -0.370 e. The zero-order chi connectivity index (χ0) is 12.9. The van der Waals surface area contributed by atoms with Crippen LogP contribution in [0.3, 0.4) is 0 Å². The Hall–Kier alpha value is -1.24. The van der Waals surface area contributed by atoms with Crippen LogP contribution in [-0.2, 0) is 4.74 Å². The molecule has 3 rings (SSSR count). The summed E-state index contributed by atoms with van der Waals surface area (Å²) in [4.78, 5) is 10.2. The first-order valence-corrected chi connectivity index (χ1v) is 7.65. The molecule has 3 heterocycles. The van der Waals surface area contributed by atoms with Gasteiger partial charge in [0.05, 0.1) is 30.0 Å². The van der Waals surface area contributed by atoms with E-state index in [1.165, 1.54) is 6.54 Å². The lowest BCUT2D eigenvalue weighted by Crippen LogP contribution is -3.14. The van der Waals surface area contributed by atoms with E-state index in [1.807, 2.05) is 6.07 Å². The number of morpholine rings is 1. The number of ether oxygens (including phenoxy) is 1. The number of quaternary nitrogens is 1. The summed E-state index contributed by atoms with van der Waals surface area (Å²) in [6.45, 7) is 6.27. The average Bonchev–Trinajstić information content (AvgIpc) is 2.94. The largest absolute Gasteiger partial charge is 0.370 e. The van der Waals surface area contributed by atoms with Crippen molar-refractivity contribution in [3.63, 3.8) is 0 Å². The van der Waals surface area contributed by atoms with Gasteiger partial charge in [0.2, 0.25) is 0 Å². The van der Waals surface area contributed by atoms with Crippen LogP contribution in [0.2, 0.25) is 0 Å². The lowest BCUT2D eigenvalue weighted by molar-refractivity contribution is -0.908. The zero-order valence-electron chi connectivity index (χ0n) is 10.9. The maximum Gasteiger partial charge on any atom is 0.147 e. The summed E-state index contributed by atoms with van der Waals surface area (Å²) < 4.78 is 6.52. The van der Waals surface area contributed by atoms with Crippen molar-refractivity contribution in [2.24, 2.45) is 0 Å². The van der Waals surface area contributed by atoms with Crippen molar-refractivity contribution in [3.8, 4) is 0 Å². The summed E-state index contributed by atoms with van der Waals surface area (Å²) in [7, 11) is 0. The highest BCUT2D eigenvalue weighted by molar-refractivity contribution is 7.17. The van der Waals surface area contributed by atoms with Crippen LogP contribution in [0.25, 0.3) is 10.2 Å². The zero-order valence-corrected chi connectivity index (χ0v) is 11.7. The normalized spacial score (nSPS) is 16.8. The van der Waals surface area contributed by atoms with E-state index in [9.17, 15) is 0 Å². The number of rotatable bonds is 5. The lowest BCUT2D eigenvalue weighted by atomic mass is 10.3. The summed E-state index contributed by atoms with van der Waals surface area (Å²) in [6, 6.07) is 2.03. The van der Waals surface area contributed by atoms with Crippen LogP contribution in [-0.4, -0.2) is 49.4 Å². The molecule has 0 aromatic carbocycles. The predicted octanol–water partition coefficient (Wildman–Crippen LogP) is 0.408. The lowest BCUT2D eigenvalue weighted by Gasteiger charge is -2.23. The third-order valence-electron chi connectivity index (χ3n) is 3.44. The number of aromatic nitrogens is 2. The van der Waals surface area contributed by atoms with E-state index >= 15 is 0 Å². The highest BCUT2D eigenvalue weighted by Crippen LogP contribution is 2.24. The van der Waals surface area contributed by atoms with Gasteiger partial charge in [0, 0.05) is 13.0 Å². The summed E-state index contributed by atoms with van der Waals surface area (Å²) in [5, 5.41) is 5.49. The first kappa shape index (κ1) is 12.8. The van der Waals surface area contributed by atoms with E-state index < -0.39 is 0 Å². The number of hydrogen-bond acceptors (Lipinski definition) is 5. The van der Waals surface area contributed by atoms with Crippen LogP contribution in [0.15, 0.2) is 17.8 Å². The Bertz CT molecular complexity index is 524. The van der Waals surface area contributed by atoms with Gasteiger partial charge in [-0.05, 0) is 11.4 Å². The van der Waals surface area contributed by atoms with Crippen LogP contribution in [0.4, 0.5) is 5.82 Å². The molecule has 0 saturated carbocycles. The second-order valence-electron chi connectivity index (χ2n) is 4.75. The molecule has 0 spiro atoms. The molecular weight excluding hydrogens is 260 g/mol. The maximum absolute atomic E-state index is 5.36. The molecule has 0 atom stereocenters. The van der Waals surface area contributed by atoms with Crippen LogP contribution in [0.5, 0.6) is 0 Å². The Labute approximate surface area is 116 Å². The molecule has 19 heavy (non-hydrogen) atoms.